The third-order valence-corrected chi connectivity index (χ3v) is 5.08. The first kappa shape index (κ1) is 14.8. The lowest BCUT2D eigenvalue weighted by molar-refractivity contribution is -0.153. The van der Waals surface area contributed by atoms with Crippen molar-refractivity contribution in [3.63, 3.8) is 0 Å². The first-order valence-electron chi connectivity index (χ1n) is 6.24. The summed E-state index contributed by atoms with van der Waals surface area (Å²) in [6, 6.07) is 0. The molecule has 1 aliphatic carbocycles. The summed E-state index contributed by atoms with van der Waals surface area (Å²) in [5, 5.41) is 0. The molecule has 0 radical (unpaired) electrons. The first-order chi connectivity index (χ1) is 7.96. The monoisotopic (exact) mass is 262 g/mol. The van der Waals surface area contributed by atoms with E-state index in [9.17, 15) is 9.18 Å². The van der Waals surface area contributed by atoms with Crippen LogP contribution in [-0.2, 0) is 9.53 Å². The van der Waals surface area contributed by atoms with Crippen molar-refractivity contribution >= 4 is 17.7 Å². The van der Waals surface area contributed by atoms with Gasteiger partial charge in [0.15, 0.2) is 0 Å². The molecule has 100 valence electrons. The molecule has 0 amide bonds. The Labute approximate surface area is 108 Å². The fourth-order valence-electron chi connectivity index (χ4n) is 2.22. The summed E-state index contributed by atoms with van der Waals surface area (Å²) in [5.74, 6) is 0.565. The lowest BCUT2D eigenvalue weighted by Crippen LogP contribution is -2.38. The van der Waals surface area contributed by atoms with Crippen molar-refractivity contribution in [3.05, 3.63) is 0 Å². The van der Waals surface area contributed by atoms with Crippen LogP contribution in [0, 0.1) is 5.41 Å². The van der Waals surface area contributed by atoms with Gasteiger partial charge in [-0.15, -0.1) is 0 Å². The highest BCUT2D eigenvalue weighted by Crippen LogP contribution is 2.42. The van der Waals surface area contributed by atoms with Crippen molar-refractivity contribution in [3.8, 4) is 0 Å². The van der Waals surface area contributed by atoms with Crippen molar-refractivity contribution < 1.29 is 13.9 Å². The molecule has 1 saturated carbocycles. The highest BCUT2D eigenvalue weighted by Gasteiger charge is 2.41. The second-order valence-corrected chi connectivity index (χ2v) is 7.20. The molecule has 4 heteroatoms. The summed E-state index contributed by atoms with van der Waals surface area (Å²) in [6.45, 7) is 3.39. The van der Waals surface area contributed by atoms with Crippen molar-refractivity contribution in [2.75, 3.05) is 19.5 Å². The van der Waals surface area contributed by atoms with Crippen molar-refractivity contribution in [1.29, 1.82) is 0 Å². The van der Waals surface area contributed by atoms with Gasteiger partial charge < -0.3 is 4.74 Å². The number of methoxy groups -OCH3 is 1. The molecule has 0 atom stereocenters. The zero-order valence-electron chi connectivity index (χ0n) is 11.1. The van der Waals surface area contributed by atoms with Crippen LogP contribution in [0.25, 0.3) is 0 Å². The van der Waals surface area contributed by atoms with E-state index in [4.69, 9.17) is 4.74 Å². The number of carbonyl (C=O) groups excluding carboxylic acids is 1. The minimum Gasteiger partial charge on any atom is -0.469 e. The molecular formula is C13H23FO2S. The molecule has 17 heavy (non-hydrogen) atoms. The summed E-state index contributed by atoms with van der Waals surface area (Å²) in [7, 11) is 1.45. The lowest BCUT2D eigenvalue weighted by Gasteiger charge is -2.36. The SMILES string of the molecule is COC(=O)C1(CSC(C)(C)CF)CCCCC1. The number of hydrogen-bond donors (Lipinski definition) is 0. The molecule has 0 aliphatic heterocycles. The van der Waals surface area contributed by atoms with Crippen molar-refractivity contribution in [1.82, 2.24) is 0 Å². The Bertz CT molecular complexity index is 260. The van der Waals surface area contributed by atoms with Gasteiger partial charge >= 0.3 is 5.97 Å². The van der Waals surface area contributed by atoms with E-state index in [2.05, 4.69) is 0 Å². The van der Waals surface area contributed by atoms with Gasteiger partial charge in [-0.3, -0.25) is 4.79 Å². The largest absolute Gasteiger partial charge is 0.469 e. The molecular weight excluding hydrogens is 239 g/mol. The van der Waals surface area contributed by atoms with Crippen molar-refractivity contribution in [2.45, 2.75) is 50.7 Å². The van der Waals surface area contributed by atoms with E-state index >= 15 is 0 Å². The predicted octanol–water partition coefficient (Wildman–Crippen LogP) is 3.59. The van der Waals surface area contributed by atoms with Crippen LogP contribution in [0.4, 0.5) is 4.39 Å². The van der Waals surface area contributed by atoms with Crippen LogP contribution in [0.15, 0.2) is 0 Å². The number of halogens is 1. The number of carbonyl (C=O) groups is 1. The average Bonchev–Trinajstić information content (AvgIpc) is 2.36. The number of ether oxygens (including phenoxy) is 1. The summed E-state index contributed by atoms with van der Waals surface area (Å²) >= 11 is 1.55. The van der Waals surface area contributed by atoms with Crippen molar-refractivity contribution in [2.24, 2.45) is 5.41 Å². The van der Waals surface area contributed by atoms with Crippen LogP contribution < -0.4 is 0 Å². The van der Waals surface area contributed by atoms with Gasteiger partial charge in [0.25, 0.3) is 0 Å². The maximum atomic E-state index is 12.8. The van der Waals surface area contributed by atoms with Gasteiger partial charge in [0, 0.05) is 10.5 Å². The number of esters is 1. The average molecular weight is 262 g/mol. The fourth-order valence-corrected chi connectivity index (χ4v) is 3.38. The highest BCUT2D eigenvalue weighted by atomic mass is 32.2. The van der Waals surface area contributed by atoms with Crippen LogP contribution in [-0.4, -0.2) is 30.3 Å². The number of hydrogen-bond acceptors (Lipinski definition) is 3. The quantitative estimate of drug-likeness (QED) is 0.708. The molecule has 0 aromatic rings. The fraction of sp³-hybridized carbons (Fsp3) is 0.923. The molecule has 0 aromatic heterocycles. The van der Waals surface area contributed by atoms with E-state index in [-0.39, 0.29) is 18.1 Å². The number of alkyl halides is 1. The molecule has 0 aromatic carbocycles. The minimum absolute atomic E-state index is 0.112. The maximum Gasteiger partial charge on any atom is 0.312 e. The third kappa shape index (κ3) is 3.87. The Morgan fingerprint density at radius 1 is 1.35 bits per heavy atom. The summed E-state index contributed by atoms with van der Waals surface area (Å²) in [6.07, 6.45) is 5.11. The molecule has 2 nitrogen and oxygen atoms in total. The Balaban J connectivity index is 2.67. The molecule has 0 bridgehead atoms. The van der Waals surface area contributed by atoms with Gasteiger partial charge in [-0.1, -0.05) is 19.3 Å². The standard InChI is InChI=1S/C13H23FO2S/c1-12(2,9-14)17-10-13(11(15)16-3)7-5-4-6-8-13/h4-10H2,1-3H3. The Morgan fingerprint density at radius 3 is 2.41 bits per heavy atom. The molecule has 0 spiro atoms. The Hall–Kier alpha value is -0.250. The van der Waals surface area contributed by atoms with Gasteiger partial charge in [-0.05, 0) is 26.7 Å². The molecule has 1 fully saturated rings. The molecule has 0 saturated heterocycles. The van der Waals surface area contributed by atoms with E-state index in [0.29, 0.717) is 5.75 Å². The van der Waals surface area contributed by atoms with Gasteiger partial charge in [0.2, 0.25) is 0 Å². The zero-order chi connectivity index (χ0) is 12.9. The van der Waals surface area contributed by atoms with Crippen LogP contribution in [0.3, 0.4) is 0 Å². The topological polar surface area (TPSA) is 26.3 Å². The molecule has 0 N–H and O–H groups in total. The molecule has 1 aliphatic rings. The van der Waals surface area contributed by atoms with E-state index < -0.39 is 4.75 Å². The van der Waals surface area contributed by atoms with Crippen LogP contribution in [0.5, 0.6) is 0 Å². The van der Waals surface area contributed by atoms with E-state index in [1.54, 1.807) is 11.8 Å². The van der Waals surface area contributed by atoms with Crippen LogP contribution in [0.1, 0.15) is 46.0 Å². The normalized spacial score (nSPS) is 20.0. The zero-order valence-corrected chi connectivity index (χ0v) is 11.9. The van der Waals surface area contributed by atoms with Gasteiger partial charge in [-0.2, -0.15) is 11.8 Å². The van der Waals surface area contributed by atoms with E-state index in [0.717, 1.165) is 25.7 Å². The molecule has 0 heterocycles. The van der Waals surface area contributed by atoms with Gasteiger partial charge in [-0.25, -0.2) is 4.39 Å². The Kier molecular flexibility index (Phi) is 5.29. The minimum atomic E-state index is -0.404. The smallest absolute Gasteiger partial charge is 0.312 e. The predicted molar refractivity (Wildman–Crippen MR) is 70.0 cm³/mol. The third-order valence-electron chi connectivity index (χ3n) is 3.49. The summed E-state index contributed by atoms with van der Waals surface area (Å²) in [4.78, 5) is 12.0. The van der Waals surface area contributed by atoms with E-state index in [1.165, 1.54) is 13.5 Å². The van der Waals surface area contributed by atoms with E-state index in [1.807, 2.05) is 13.8 Å². The van der Waals surface area contributed by atoms with Gasteiger partial charge in [0.1, 0.15) is 6.67 Å². The molecule has 1 rings (SSSR count). The summed E-state index contributed by atoms with van der Waals surface area (Å²) < 4.78 is 17.3. The lowest BCUT2D eigenvalue weighted by atomic mass is 9.75. The molecule has 0 unspecified atom stereocenters. The van der Waals surface area contributed by atoms with Crippen LogP contribution >= 0.6 is 11.8 Å². The number of thioether (sulfide) groups is 1. The number of rotatable bonds is 5. The maximum absolute atomic E-state index is 12.8. The van der Waals surface area contributed by atoms with Gasteiger partial charge in [0.05, 0.1) is 12.5 Å². The second-order valence-electron chi connectivity index (χ2n) is 5.51. The first-order valence-corrected chi connectivity index (χ1v) is 7.23. The Morgan fingerprint density at radius 2 is 1.94 bits per heavy atom. The highest BCUT2D eigenvalue weighted by molar-refractivity contribution is 8.00. The second kappa shape index (κ2) is 6.07. The summed E-state index contributed by atoms with van der Waals surface area (Å²) in [5.41, 5.74) is -0.371. The van der Waals surface area contributed by atoms with Crippen LogP contribution in [0.2, 0.25) is 0 Å².